The third-order valence-electron chi connectivity index (χ3n) is 4.90. The van der Waals surface area contributed by atoms with Crippen LogP contribution in [-0.2, 0) is 16.1 Å². The molecule has 0 unspecified atom stereocenters. The first-order valence-corrected chi connectivity index (χ1v) is 9.98. The Morgan fingerprint density at radius 2 is 1.93 bits per heavy atom. The standard InChI is InChI=1S/C21H23N5O4/c1-2-28-17-7-4-3-6-16(17)19-24-18(30-25-19)14-29-20(27)15-8-12-26(13-9-15)21-22-10-5-11-23-21/h3-7,10-11,15H,2,8-9,12-14H2,1H3. The Hall–Kier alpha value is -3.49. The Morgan fingerprint density at radius 1 is 1.17 bits per heavy atom. The van der Waals surface area contributed by atoms with Crippen LogP contribution >= 0.6 is 0 Å². The lowest BCUT2D eigenvalue weighted by Gasteiger charge is -2.30. The van der Waals surface area contributed by atoms with E-state index in [2.05, 4.69) is 25.0 Å². The van der Waals surface area contributed by atoms with Crippen LogP contribution in [0.3, 0.4) is 0 Å². The molecule has 1 fully saturated rings. The normalized spacial score (nSPS) is 14.5. The van der Waals surface area contributed by atoms with Crippen LogP contribution in [0.5, 0.6) is 5.75 Å². The smallest absolute Gasteiger partial charge is 0.309 e. The summed E-state index contributed by atoms with van der Waals surface area (Å²) in [5.41, 5.74) is 0.733. The van der Waals surface area contributed by atoms with Crippen LogP contribution in [0.15, 0.2) is 47.2 Å². The Balaban J connectivity index is 1.30. The summed E-state index contributed by atoms with van der Waals surface area (Å²) in [4.78, 5) is 27.4. The second-order valence-corrected chi connectivity index (χ2v) is 6.86. The number of benzene rings is 1. The van der Waals surface area contributed by atoms with E-state index in [-0.39, 0.29) is 24.4 Å². The summed E-state index contributed by atoms with van der Waals surface area (Å²) < 4.78 is 16.3. The Kier molecular flexibility index (Phi) is 6.17. The van der Waals surface area contributed by atoms with E-state index in [0.29, 0.717) is 50.1 Å². The van der Waals surface area contributed by atoms with Gasteiger partial charge in [-0.15, -0.1) is 0 Å². The first-order chi connectivity index (χ1) is 14.7. The molecule has 0 amide bonds. The van der Waals surface area contributed by atoms with E-state index in [1.807, 2.05) is 31.2 Å². The highest BCUT2D eigenvalue weighted by molar-refractivity contribution is 5.72. The molecule has 30 heavy (non-hydrogen) atoms. The van der Waals surface area contributed by atoms with Gasteiger partial charge in [0.1, 0.15) is 5.75 Å². The first kappa shape index (κ1) is 19.8. The van der Waals surface area contributed by atoms with Gasteiger partial charge < -0.3 is 18.9 Å². The van der Waals surface area contributed by atoms with Crippen molar-refractivity contribution in [2.75, 3.05) is 24.6 Å². The third kappa shape index (κ3) is 4.56. The average Bonchev–Trinajstić information content (AvgIpc) is 3.28. The quantitative estimate of drug-likeness (QED) is 0.545. The maximum absolute atomic E-state index is 12.4. The number of nitrogens with zero attached hydrogens (tertiary/aromatic N) is 5. The van der Waals surface area contributed by atoms with Crippen molar-refractivity contribution in [2.24, 2.45) is 5.92 Å². The van der Waals surface area contributed by atoms with Gasteiger partial charge in [0.15, 0.2) is 6.61 Å². The number of hydrogen-bond donors (Lipinski definition) is 0. The molecule has 1 aromatic carbocycles. The molecule has 0 aliphatic carbocycles. The van der Waals surface area contributed by atoms with Gasteiger partial charge in [-0.25, -0.2) is 9.97 Å². The minimum Gasteiger partial charge on any atom is -0.493 e. The number of ether oxygens (including phenoxy) is 2. The maximum atomic E-state index is 12.4. The summed E-state index contributed by atoms with van der Waals surface area (Å²) >= 11 is 0. The fraction of sp³-hybridized carbons (Fsp3) is 0.381. The fourth-order valence-electron chi connectivity index (χ4n) is 3.38. The summed E-state index contributed by atoms with van der Waals surface area (Å²) in [7, 11) is 0. The number of hydrogen-bond acceptors (Lipinski definition) is 9. The molecule has 156 valence electrons. The highest BCUT2D eigenvalue weighted by Gasteiger charge is 2.27. The summed E-state index contributed by atoms with van der Waals surface area (Å²) in [6.07, 6.45) is 4.81. The summed E-state index contributed by atoms with van der Waals surface area (Å²) in [5, 5.41) is 3.99. The van der Waals surface area contributed by atoms with Crippen LogP contribution in [0.1, 0.15) is 25.7 Å². The molecule has 9 nitrogen and oxygen atoms in total. The van der Waals surface area contributed by atoms with E-state index < -0.39 is 0 Å². The number of rotatable bonds is 7. The first-order valence-electron chi connectivity index (χ1n) is 9.98. The molecular formula is C21H23N5O4. The Morgan fingerprint density at radius 3 is 2.70 bits per heavy atom. The average molecular weight is 409 g/mol. The predicted molar refractivity (Wildman–Crippen MR) is 108 cm³/mol. The van der Waals surface area contributed by atoms with Crippen LogP contribution in [0.4, 0.5) is 5.95 Å². The number of aromatic nitrogens is 4. The van der Waals surface area contributed by atoms with Crippen molar-refractivity contribution in [1.82, 2.24) is 20.1 Å². The number of carbonyl (C=O) groups excluding carboxylic acids is 1. The molecule has 0 saturated carbocycles. The fourth-order valence-corrected chi connectivity index (χ4v) is 3.38. The predicted octanol–water partition coefficient (Wildman–Crippen LogP) is 2.89. The zero-order valence-corrected chi connectivity index (χ0v) is 16.7. The lowest BCUT2D eigenvalue weighted by atomic mass is 9.97. The van der Waals surface area contributed by atoms with E-state index in [9.17, 15) is 4.79 Å². The molecule has 0 N–H and O–H groups in total. The number of esters is 1. The summed E-state index contributed by atoms with van der Waals surface area (Å²) in [6.45, 7) is 3.82. The Bertz CT molecular complexity index is 970. The topological polar surface area (TPSA) is 103 Å². The molecule has 1 saturated heterocycles. The molecule has 3 aromatic rings. The monoisotopic (exact) mass is 409 g/mol. The van der Waals surface area contributed by atoms with Crippen molar-refractivity contribution in [1.29, 1.82) is 0 Å². The summed E-state index contributed by atoms with van der Waals surface area (Å²) in [5.74, 6) is 1.61. The van der Waals surface area contributed by atoms with Crippen LogP contribution in [0.25, 0.3) is 11.4 Å². The molecular weight excluding hydrogens is 386 g/mol. The second-order valence-electron chi connectivity index (χ2n) is 6.86. The van der Waals surface area contributed by atoms with Crippen molar-refractivity contribution in [3.8, 4) is 17.1 Å². The van der Waals surface area contributed by atoms with Crippen molar-refractivity contribution >= 4 is 11.9 Å². The molecule has 0 spiro atoms. The van der Waals surface area contributed by atoms with Crippen molar-refractivity contribution < 1.29 is 18.8 Å². The van der Waals surface area contributed by atoms with E-state index in [1.165, 1.54) is 0 Å². The van der Waals surface area contributed by atoms with E-state index in [4.69, 9.17) is 14.0 Å². The Labute approximate surface area is 174 Å². The van der Waals surface area contributed by atoms with Crippen LogP contribution < -0.4 is 9.64 Å². The molecule has 4 rings (SSSR count). The largest absolute Gasteiger partial charge is 0.493 e. The van der Waals surface area contributed by atoms with Gasteiger partial charge in [0.05, 0.1) is 18.1 Å². The van der Waals surface area contributed by atoms with Gasteiger partial charge in [-0.2, -0.15) is 4.98 Å². The lowest BCUT2D eigenvalue weighted by Crippen LogP contribution is -2.37. The van der Waals surface area contributed by atoms with Crippen LogP contribution in [0.2, 0.25) is 0 Å². The molecule has 1 aliphatic rings. The van der Waals surface area contributed by atoms with Crippen molar-refractivity contribution in [3.63, 3.8) is 0 Å². The zero-order valence-electron chi connectivity index (χ0n) is 16.7. The number of anilines is 1. The van der Waals surface area contributed by atoms with Crippen LogP contribution in [-0.4, -0.2) is 45.8 Å². The SMILES string of the molecule is CCOc1ccccc1-c1noc(COC(=O)C2CCN(c3ncccn3)CC2)n1. The van der Waals surface area contributed by atoms with E-state index in [0.717, 1.165) is 5.56 Å². The highest BCUT2D eigenvalue weighted by atomic mass is 16.6. The lowest BCUT2D eigenvalue weighted by molar-refractivity contribution is -0.151. The number of piperidine rings is 1. The zero-order chi connectivity index (χ0) is 20.8. The van der Waals surface area contributed by atoms with Crippen molar-refractivity contribution in [3.05, 3.63) is 48.6 Å². The highest BCUT2D eigenvalue weighted by Crippen LogP contribution is 2.28. The molecule has 1 aliphatic heterocycles. The minimum atomic E-state index is -0.252. The molecule has 0 atom stereocenters. The molecule has 3 heterocycles. The van der Waals surface area contributed by atoms with Gasteiger partial charge in [-0.1, -0.05) is 17.3 Å². The van der Waals surface area contributed by atoms with E-state index >= 15 is 0 Å². The van der Waals surface area contributed by atoms with Gasteiger partial charge in [0.25, 0.3) is 5.89 Å². The van der Waals surface area contributed by atoms with Crippen molar-refractivity contribution in [2.45, 2.75) is 26.4 Å². The number of para-hydroxylation sites is 1. The van der Waals surface area contributed by atoms with Gasteiger partial charge in [0, 0.05) is 25.5 Å². The maximum Gasteiger partial charge on any atom is 0.309 e. The van der Waals surface area contributed by atoms with Gasteiger partial charge >= 0.3 is 5.97 Å². The van der Waals surface area contributed by atoms with Gasteiger partial charge in [-0.3, -0.25) is 4.79 Å². The summed E-state index contributed by atoms with van der Waals surface area (Å²) in [6, 6.07) is 9.25. The van der Waals surface area contributed by atoms with Gasteiger partial charge in [0.2, 0.25) is 11.8 Å². The second kappa shape index (κ2) is 9.34. The number of carbonyl (C=O) groups is 1. The molecule has 2 aromatic heterocycles. The van der Waals surface area contributed by atoms with Gasteiger partial charge in [-0.05, 0) is 38.0 Å². The molecule has 0 bridgehead atoms. The molecule has 0 radical (unpaired) electrons. The van der Waals surface area contributed by atoms with E-state index in [1.54, 1.807) is 18.5 Å². The van der Waals surface area contributed by atoms with Crippen LogP contribution in [0, 0.1) is 5.92 Å². The minimum absolute atomic E-state index is 0.0509. The molecule has 9 heteroatoms. The third-order valence-corrected chi connectivity index (χ3v) is 4.90.